The number of aromatic nitrogens is 2. The molecule has 33 heavy (non-hydrogen) atoms. The van der Waals surface area contributed by atoms with Gasteiger partial charge in [-0.1, -0.05) is 17.7 Å². The van der Waals surface area contributed by atoms with E-state index in [0.29, 0.717) is 5.89 Å². The van der Waals surface area contributed by atoms with Crippen molar-refractivity contribution in [2.45, 2.75) is 24.7 Å². The van der Waals surface area contributed by atoms with Crippen LogP contribution in [0.15, 0.2) is 76.3 Å². The third kappa shape index (κ3) is 5.13. The van der Waals surface area contributed by atoms with Gasteiger partial charge in [0.15, 0.2) is 18.2 Å². The molecule has 170 valence electrons. The SMILES string of the molecule is COc1ccc2c(c1)CCc1nc(-c3cc[n+](C)cc3)oc1-2.Cc1ccc(S(=O)(=O)[O-])cc1. The van der Waals surface area contributed by atoms with Gasteiger partial charge in [0.1, 0.15) is 22.9 Å². The molecule has 7 nitrogen and oxygen atoms in total. The molecule has 0 saturated carbocycles. The van der Waals surface area contributed by atoms with Crippen molar-refractivity contribution < 1.29 is 26.7 Å². The van der Waals surface area contributed by atoms with Crippen molar-refractivity contribution in [3.05, 3.63) is 83.8 Å². The van der Waals surface area contributed by atoms with Crippen LogP contribution < -0.4 is 9.30 Å². The number of methoxy groups -OCH3 is 1. The number of benzene rings is 2. The summed E-state index contributed by atoms with van der Waals surface area (Å²) in [4.78, 5) is 4.51. The molecule has 4 aromatic rings. The van der Waals surface area contributed by atoms with E-state index in [-0.39, 0.29) is 4.90 Å². The van der Waals surface area contributed by atoms with Crippen LogP contribution in [0.4, 0.5) is 0 Å². The van der Waals surface area contributed by atoms with Crippen LogP contribution in [0.2, 0.25) is 0 Å². The van der Waals surface area contributed by atoms with Crippen molar-refractivity contribution >= 4 is 10.1 Å². The molecule has 0 radical (unpaired) electrons. The number of aryl methyl sites for hydroxylation is 4. The standard InChI is InChI=1S/C18H17N2O2.C7H8O3S/c1-20-9-7-12(8-10-20)18-19-16-6-3-13-11-14(21-2)4-5-15(13)17(16)22-18;1-6-2-4-7(5-3-6)11(8,9)10/h4-5,7-11H,3,6H2,1-2H3;2-5H,1H3,(H,8,9,10)/q+1;/p-1. The minimum absolute atomic E-state index is 0.178. The molecule has 0 unspecified atom stereocenters. The average Bonchev–Trinajstić information content (AvgIpc) is 3.24. The van der Waals surface area contributed by atoms with E-state index >= 15 is 0 Å². The van der Waals surface area contributed by atoms with Crippen molar-refractivity contribution in [1.82, 2.24) is 4.98 Å². The Morgan fingerprint density at radius 2 is 1.73 bits per heavy atom. The van der Waals surface area contributed by atoms with E-state index in [4.69, 9.17) is 9.15 Å². The Hall–Kier alpha value is -3.49. The quantitative estimate of drug-likeness (QED) is 0.338. The molecule has 0 N–H and O–H groups in total. The summed E-state index contributed by atoms with van der Waals surface area (Å²) in [6.45, 7) is 1.82. The third-order valence-electron chi connectivity index (χ3n) is 5.42. The zero-order valence-electron chi connectivity index (χ0n) is 18.6. The van der Waals surface area contributed by atoms with Crippen LogP contribution in [-0.2, 0) is 30.0 Å². The lowest BCUT2D eigenvalue weighted by atomic mass is 9.93. The molecule has 2 heterocycles. The molecule has 5 rings (SSSR count). The average molecular weight is 465 g/mol. The largest absolute Gasteiger partial charge is 0.744 e. The van der Waals surface area contributed by atoms with Gasteiger partial charge in [0.05, 0.1) is 17.7 Å². The van der Waals surface area contributed by atoms with E-state index in [0.717, 1.165) is 46.7 Å². The summed E-state index contributed by atoms with van der Waals surface area (Å²) < 4.78 is 44.5. The first-order valence-electron chi connectivity index (χ1n) is 10.4. The van der Waals surface area contributed by atoms with Crippen molar-refractivity contribution in [3.63, 3.8) is 0 Å². The second-order valence-electron chi connectivity index (χ2n) is 7.84. The lowest BCUT2D eigenvalue weighted by Gasteiger charge is -2.14. The number of fused-ring (bicyclic) bond motifs is 3. The van der Waals surface area contributed by atoms with E-state index in [2.05, 4.69) is 17.1 Å². The molecule has 0 atom stereocenters. The van der Waals surface area contributed by atoms with Gasteiger partial charge in [-0.25, -0.2) is 18.0 Å². The second-order valence-corrected chi connectivity index (χ2v) is 9.22. The van der Waals surface area contributed by atoms with Gasteiger partial charge in [0.25, 0.3) is 0 Å². The van der Waals surface area contributed by atoms with Crippen LogP contribution in [0.3, 0.4) is 0 Å². The molecule has 0 bridgehead atoms. The zero-order valence-corrected chi connectivity index (χ0v) is 19.4. The van der Waals surface area contributed by atoms with Gasteiger partial charge in [-0.3, -0.25) is 0 Å². The van der Waals surface area contributed by atoms with Crippen LogP contribution in [0.1, 0.15) is 16.8 Å². The smallest absolute Gasteiger partial charge is 0.227 e. The first-order chi connectivity index (χ1) is 15.7. The van der Waals surface area contributed by atoms with Gasteiger partial charge >= 0.3 is 0 Å². The minimum Gasteiger partial charge on any atom is -0.744 e. The Labute approximate surface area is 193 Å². The van der Waals surface area contributed by atoms with Gasteiger partial charge in [-0.2, -0.15) is 0 Å². The summed E-state index contributed by atoms with van der Waals surface area (Å²) in [6, 6.07) is 15.9. The minimum atomic E-state index is -4.27. The fourth-order valence-electron chi connectivity index (χ4n) is 3.58. The molecule has 0 spiro atoms. The summed E-state index contributed by atoms with van der Waals surface area (Å²) >= 11 is 0. The normalized spacial score (nSPS) is 12.2. The summed E-state index contributed by atoms with van der Waals surface area (Å²) in [6.07, 6.45) is 5.86. The van der Waals surface area contributed by atoms with Crippen molar-refractivity contribution in [2.24, 2.45) is 7.05 Å². The fraction of sp³-hybridized carbons (Fsp3) is 0.200. The monoisotopic (exact) mass is 464 g/mol. The first-order valence-corrected chi connectivity index (χ1v) is 11.8. The Bertz CT molecular complexity index is 1380. The Morgan fingerprint density at radius 3 is 2.36 bits per heavy atom. The highest BCUT2D eigenvalue weighted by Gasteiger charge is 2.23. The van der Waals surface area contributed by atoms with Crippen molar-refractivity contribution in [2.75, 3.05) is 7.11 Å². The predicted molar refractivity (Wildman–Crippen MR) is 122 cm³/mol. The van der Waals surface area contributed by atoms with Crippen LogP contribution in [-0.4, -0.2) is 25.1 Å². The molecule has 0 saturated heterocycles. The maximum absolute atomic E-state index is 10.4. The van der Waals surface area contributed by atoms with Gasteiger partial charge in [-0.15, -0.1) is 0 Å². The van der Waals surface area contributed by atoms with Crippen LogP contribution in [0, 0.1) is 6.92 Å². The Kier molecular flexibility index (Phi) is 6.31. The maximum Gasteiger partial charge on any atom is 0.227 e. The molecule has 1 aliphatic carbocycles. The highest BCUT2D eigenvalue weighted by molar-refractivity contribution is 7.85. The molecule has 8 heteroatoms. The van der Waals surface area contributed by atoms with Gasteiger partial charge < -0.3 is 13.7 Å². The molecule has 0 amide bonds. The van der Waals surface area contributed by atoms with E-state index in [1.165, 1.54) is 17.7 Å². The molecule has 2 aromatic heterocycles. The summed E-state index contributed by atoms with van der Waals surface area (Å²) in [5.74, 6) is 2.47. The second kappa shape index (κ2) is 9.17. The molecular weight excluding hydrogens is 440 g/mol. The lowest BCUT2D eigenvalue weighted by molar-refractivity contribution is -0.671. The summed E-state index contributed by atoms with van der Waals surface area (Å²) in [5.41, 5.74) is 5.36. The Morgan fingerprint density at radius 1 is 1.03 bits per heavy atom. The number of hydrogen-bond acceptors (Lipinski definition) is 6. The molecule has 0 fully saturated rings. The molecule has 2 aromatic carbocycles. The number of oxazole rings is 1. The number of hydrogen-bond donors (Lipinski definition) is 0. The summed E-state index contributed by atoms with van der Waals surface area (Å²) in [5, 5.41) is 0. The van der Waals surface area contributed by atoms with E-state index in [1.54, 1.807) is 19.2 Å². The first kappa shape index (κ1) is 22.7. The van der Waals surface area contributed by atoms with Crippen molar-refractivity contribution in [3.8, 4) is 28.5 Å². The third-order valence-corrected chi connectivity index (χ3v) is 6.27. The molecule has 1 aliphatic rings. The molecular formula is C25H24N2O5S. The maximum atomic E-state index is 10.4. The van der Waals surface area contributed by atoms with Crippen LogP contribution in [0.25, 0.3) is 22.8 Å². The Balaban J connectivity index is 0.000000200. The number of nitrogens with zero attached hydrogens (tertiary/aromatic N) is 2. The van der Waals surface area contributed by atoms with E-state index in [9.17, 15) is 13.0 Å². The number of ether oxygens (including phenoxy) is 1. The number of pyridine rings is 1. The lowest BCUT2D eigenvalue weighted by Crippen LogP contribution is -2.25. The highest BCUT2D eigenvalue weighted by Crippen LogP contribution is 2.37. The van der Waals surface area contributed by atoms with Crippen LogP contribution in [0.5, 0.6) is 5.75 Å². The van der Waals surface area contributed by atoms with Gasteiger partial charge in [-0.05, 0) is 55.7 Å². The zero-order chi connectivity index (χ0) is 23.6. The van der Waals surface area contributed by atoms with E-state index in [1.807, 2.05) is 49.1 Å². The fourth-order valence-corrected chi connectivity index (χ4v) is 4.05. The topological polar surface area (TPSA) is 96.3 Å². The van der Waals surface area contributed by atoms with Gasteiger partial charge in [0.2, 0.25) is 5.89 Å². The predicted octanol–water partition coefficient (Wildman–Crippen LogP) is 3.84. The van der Waals surface area contributed by atoms with Crippen molar-refractivity contribution in [1.29, 1.82) is 0 Å². The van der Waals surface area contributed by atoms with E-state index < -0.39 is 10.1 Å². The number of rotatable bonds is 3. The van der Waals surface area contributed by atoms with Gasteiger partial charge in [0, 0.05) is 23.3 Å². The molecule has 0 aliphatic heterocycles. The highest BCUT2D eigenvalue weighted by atomic mass is 32.2. The van der Waals surface area contributed by atoms with Crippen LogP contribution >= 0.6 is 0 Å². The summed E-state index contributed by atoms with van der Waals surface area (Å²) in [7, 11) is -0.583.